The first-order valence-corrected chi connectivity index (χ1v) is 6.84. The van der Waals surface area contributed by atoms with Crippen molar-refractivity contribution in [1.29, 1.82) is 0 Å². The number of amides is 1. The summed E-state index contributed by atoms with van der Waals surface area (Å²) in [4.78, 5) is 24.0. The van der Waals surface area contributed by atoms with Crippen LogP contribution in [-0.4, -0.2) is 35.5 Å². The van der Waals surface area contributed by atoms with Gasteiger partial charge in [-0.05, 0) is 17.4 Å². The summed E-state index contributed by atoms with van der Waals surface area (Å²) in [5.74, 6) is -0.885. The zero-order valence-corrected chi connectivity index (χ0v) is 12.4. The van der Waals surface area contributed by atoms with Crippen LogP contribution in [0, 0.1) is 0 Å². The van der Waals surface area contributed by atoms with Gasteiger partial charge in [0.1, 0.15) is 0 Å². The van der Waals surface area contributed by atoms with E-state index in [4.69, 9.17) is 5.11 Å². The van der Waals surface area contributed by atoms with E-state index in [2.05, 4.69) is 26.0 Å². The number of carboxylic acid groups (broad SMARTS) is 1. The van der Waals surface area contributed by atoms with Crippen LogP contribution in [0.4, 0.5) is 0 Å². The van der Waals surface area contributed by atoms with Crippen molar-refractivity contribution in [3.8, 4) is 0 Å². The van der Waals surface area contributed by atoms with Gasteiger partial charge in [0.25, 0.3) is 0 Å². The second-order valence-corrected chi connectivity index (χ2v) is 5.71. The molecule has 0 saturated carbocycles. The van der Waals surface area contributed by atoms with Gasteiger partial charge in [0.2, 0.25) is 5.91 Å². The lowest BCUT2D eigenvalue weighted by molar-refractivity contribution is -0.138. The lowest BCUT2D eigenvalue weighted by Gasteiger charge is -2.26. The first-order valence-electron chi connectivity index (χ1n) is 6.84. The van der Waals surface area contributed by atoms with Crippen molar-refractivity contribution in [2.45, 2.75) is 38.5 Å². The average molecular weight is 277 g/mol. The Labute approximate surface area is 120 Å². The SMILES string of the molecule is CN(CCC(=O)O)C(=O)CCC(C)(C)c1ccccc1. The van der Waals surface area contributed by atoms with Gasteiger partial charge in [-0.15, -0.1) is 0 Å². The summed E-state index contributed by atoms with van der Waals surface area (Å²) in [5.41, 5.74) is 1.14. The Morgan fingerprint density at radius 1 is 1.15 bits per heavy atom. The van der Waals surface area contributed by atoms with E-state index in [0.717, 1.165) is 6.42 Å². The van der Waals surface area contributed by atoms with Crippen LogP contribution >= 0.6 is 0 Å². The molecule has 0 radical (unpaired) electrons. The van der Waals surface area contributed by atoms with Crippen molar-refractivity contribution < 1.29 is 14.7 Å². The molecule has 1 aromatic carbocycles. The number of nitrogens with zero attached hydrogens (tertiary/aromatic N) is 1. The van der Waals surface area contributed by atoms with Crippen LogP contribution in [0.3, 0.4) is 0 Å². The Hall–Kier alpha value is -1.84. The van der Waals surface area contributed by atoms with Gasteiger partial charge in [0, 0.05) is 20.0 Å². The minimum atomic E-state index is -0.880. The number of benzene rings is 1. The van der Waals surface area contributed by atoms with Gasteiger partial charge in [-0.2, -0.15) is 0 Å². The third-order valence-electron chi connectivity index (χ3n) is 3.61. The smallest absolute Gasteiger partial charge is 0.305 e. The van der Waals surface area contributed by atoms with Crippen molar-refractivity contribution in [2.75, 3.05) is 13.6 Å². The molecular formula is C16H23NO3. The van der Waals surface area contributed by atoms with E-state index in [1.54, 1.807) is 7.05 Å². The highest BCUT2D eigenvalue weighted by Gasteiger charge is 2.22. The molecule has 0 atom stereocenters. The van der Waals surface area contributed by atoms with Crippen molar-refractivity contribution in [3.63, 3.8) is 0 Å². The van der Waals surface area contributed by atoms with Crippen LogP contribution in [0.1, 0.15) is 38.7 Å². The summed E-state index contributed by atoms with van der Waals surface area (Å²) in [5, 5.41) is 8.61. The maximum absolute atomic E-state index is 12.0. The average Bonchev–Trinajstić information content (AvgIpc) is 2.43. The number of hydrogen-bond donors (Lipinski definition) is 1. The zero-order valence-electron chi connectivity index (χ0n) is 12.4. The first-order chi connectivity index (χ1) is 9.33. The molecule has 0 spiro atoms. The summed E-state index contributed by atoms with van der Waals surface area (Å²) in [6.07, 6.45) is 1.16. The molecule has 1 rings (SSSR count). The van der Waals surface area contributed by atoms with Gasteiger partial charge in [0.05, 0.1) is 6.42 Å². The molecule has 1 aromatic rings. The van der Waals surface area contributed by atoms with Crippen LogP contribution in [-0.2, 0) is 15.0 Å². The predicted octanol–water partition coefficient (Wildman–Crippen LogP) is 2.68. The molecule has 1 amide bonds. The van der Waals surface area contributed by atoms with Gasteiger partial charge >= 0.3 is 5.97 Å². The molecule has 0 fully saturated rings. The number of carboxylic acids is 1. The molecule has 0 aliphatic heterocycles. The van der Waals surface area contributed by atoms with Gasteiger partial charge in [-0.1, -0.05) is 44.2 Å². The largest absolute Gasteiger partial charge is 0.481 e. The molecule has 0 bridgehead atoms. The molecular weight excluding hydrogens is 254 g/mol. The second-order valence-electron chi connectivity index (χ2n) is 5.71. The third-order valence-corrected chi connectivity index (χ3v) is 3.61. The van der Waals surface area contributed by atoms with Crippen LogP contribution in [0.5, 0.6) is 0 Å². The number of aliphatic carboxylic acids is 1. The molecule has 0 unspecified atom stereocenters. The highest BCUT2D eigenvalue weighted by atomic mass is 16.4. The summed E-state index contributed by atoms with van der Waals surface area (Å²) >= 11 is 0. The summed E-state index contributed by atoms with van der Waals surface area (Å²) in [7, 11) is 1.65. The van der Waals surface area contributed by atoms with Crippen molar-refractivity contribution in [3.05, 3.63) is 35.9 Å². The minimum absolute atomic E-state index is 0.00439. The quantitative estimate of drug-likeness (QED) is 0.833. The van der Waals surface area contributed by atoms with Crippen LogP contribution in [0.15, 0.2) is 30.3 Å². The Balaban J connectivity index is 2.49. The molecule has 0 saturated heterocycles. The van der Waals surface area contributed by atoms with E-state index in [0.29, 0.717) is 6.42 Å². The van der Waals surface area contributed by atoms with Gasteiger partial charge < -0.3 is 10.0 Å². The third kappa shape index (κ3) is 5.03. The lowest BCUT2D eigenvalue weighted by Crippen LogP contribution is -2.30. The molecule has 110 valence electrons. The Morgan fingerprint density at radius 3 is 2.30 bits per heavy atom. The highest BCUT2D eigenvalue weighted by molar-refractivity contribution is 5.76. The van der Waals surface area contributed by atoms with E-state index in [1.165, 1.54) is 10.5 Å². The van der Waals surface area contributed by atoms with E-state index < -0.39 is 5.97 Å². The van der Waals surface area contributed by atoms with E-state index in [1.807, 2.05) is 18.2 Å². The number of rotatable bonds is 7. The highest BCUT2D eigenvalue weighted by Crippen LogP contribution is 2.28. The maximum atomic E-state index is 12.0. The Morgan fingerprint density at radius 2 is 1.75 bits per heavy atom. The topological polar surface area (TPSA) is 57.6 Å². The summed E-state index contributed by atoms with van der Waals surface area (Å²) in [6.45, 7) is 4.50. The molecule has 0 aliphatic rings. The monoisotopic (exact) mass is 277 g/mol. The molecule has 4 nitrogen and oxygen atoms in total. The van der Waals surface area contributed by atoms with Crippen LogP contribution < -0.4 is 0 Å². The fraction of sp³-hybridized carbons (Fsp3) is 0.500. The van der Waals surface area contributed by atoms with Crippen LogP contribution in [0.25, 0.3) is 0 Å². The fourth-order valence-electron chi connectivity index (χ4n) is 2.03. The minimum Gasteiger partial charge on any atom is -0.481 e. The normalized spacial score (nSPS) is 11.2. The standard InChI is InChI=1S/C16H23NO3/c1-16(2,13-7-5-4-6-8-13)11-9-14(18)17(3)12-10-15(19)20/h4-8H,9-12H2,1-3H3,(H,19,20). The molecule has 0 aliphatic carbocycles. The first kappa shape index (κ1) is 16.2. The molecule has 20 heavy (non-hydrogen) atoms. The van der Waals surface area contributed by atoms with Crippen molar-refractivity contribution >= 4 is 11.9 Å². The van der Waals surface area contributed by atoms with E-state index in [9.17, 15) is 9.59 Å². The maximum Gasteiger partial charge on any atom is 0.305 e. The number of carbonyl (C=O) groups is 2. The van der Waals surface area contributed by atoms with Gasteiger partial charge in [-0.3, -0.25) is 9.59 Å². The fourth-order valence-corrected chi connectivity index (χ4v) is 2.03. The Kier molecular flexibility index (Phi) is 5.74. The van der Waals surface area contributed by atoms with Crippen LogP contribution in [0.2, 0.25) is 0 Å². The number of carbonyl (C=O) groups excluding carboxylic acids is 1. The molecule has 4 heteroatoms. The Bertz CT molecular complexity index is 454. The predicted molar refractivity (Wildman–Crippen MR) is 78.6 cm³/mol. The van der Waals surface area contributed by atoms with Gasteiger partial charge in [-0.25, -0.2) is 0 Å². The zero-order chi connectivity index (χ0) is 15.2. The summed E-state index contributed by atoms with van der Waals surface area (Å²) < 4.78 is 0. The molecule has 1 N–H and O–H groups in total. The lowest BCUT2D eigenvalue weighted by atomic mass is 9.80. The van der Waals surface area contributed by atoms with Gasteiger partial charge in [0.15, 0.2) is 0 Å². The molecule has 0 aromatic heterocycles. The van der Waals surface area contributed by atoms with Crippen molar-refractivity contribution in [2.24, 2.45) is 0 Å². The van der Waals surface area contributed by atoms with Crippen molar-refractivity contribution in [1.82, 2.24) is 4.90 Å². The second kappa shape index (κ2) is 7.08. The van der Waals surface area contributed by atoms with E-state index in [-0.39, 0.29) is 24.3 Å². The molecule has 0 heterocycles. The van der Waals surface area contributed by atoms with E-state index >= 15 is 0 Å². The number of hydrogen-bond acceptors (Lipinski definition) is 2. The summed E-state index contributed by atoms with van der Waals surface area (Å²) in [6, 6.07) is 10.1.